The fourth-order valence-corrected chi connectivity index (χ4v) is 5.30. The first-order valence-corrected chi connectivity index (χ1v) is 11.9. The number of benzene rings is 2. The second-order valence-electron chi connectivity index (χ2n) is 8.13. The van der Waals surface area contributed by atoms with Crippen LogP contribution < -0.4 is 10.3 Å². The van der Waals surface area contributed by atoms with Crippen molar-refractivity contribution in [1.82, 2.24) is 24.1 Å². The molecule has 0 spiro atoms. The number of carbonyl (C=O) groups is 1. The van der Waals surface area contributed by atoms with E-state index in [4.69, 9.17) is 4.74 Å². The van der Waals surface area contributed by atoms with Crippen LogP contribution in [0.3, 0.4) is 0 Å². The number of rotatable bonds is 6. The number of hydrogen-bond acceptors (Lipinski definition) is 6. The third-order valence-electron chi connectivity index (χ3n) is 6.05. The van der Waals surface area contributed by atoms with E-state index in [0.717, 1.165) is 37.0 Å². The van der Waals surface area contributed by atoms with Crippen molar-refractivity contribution in [3.05, 3.63) is 64.4 Å². The Morgan fingerprint density at radius 3 is 2.61 bits per heavy atom. The van der Waals surface area contributed by atoms with Gasteiger partial charge in [0.2, 0.25) is 11.7 Å². The second kappa shape index (κ2) is 8.90. The van der Waals surface area contributed by atoms with Gasteiger partial charge in [-0.3, -0.25) is 18.6 Å². The van der Waals surface area contributed by atoms with Gasteiger partial charge in [-0.15, -0.1) is 10.2 Å². The van der Waals surface area contributed by atoms with Crippen molar-refractivity contribution >= 4 is 34.3 Å². The van der Waals surface area contributed by atoms with Crippen LogP contribution in [-0.2, 0) is 11.3 Å². The van der Waals surface area contributed by atoms with Crippen LogP contribution in [0.4, 0.5) is 0 Å². The normalized spacial score (nSPS) is 14.8. The van der Waals surface area contributed by atoms with Gasteiger partial charge < -0.3 is 9.64 Å². The highest BCUT2D eigenvalue weighted by atomic mass is 32.2. The highest BCUT2D eigenvalue weighted by Crippen LogP contribution is 2.27. The molecule has 1 amide bonds. The fourth-order valence-electron chi connectivity index (χ4n) is 4.36. The second-order valence-corrected chi connectivity index (χ2v) is 9.44. The molecule has 4 aromatic rings. The van der Waals surface area contributed by atoms with Gasteiger partial charge in [0.05, 0.1) is 29.8 Å². The first kappa shape index (κ1) is 21.5. The number of ether oxygens (including phenoxy) is 1. The number of fused-ring (bicyclic) bond motifs is 3. The molecular formula is C24H25N5O3S. The van der Waals surface area contributed by atoms with E-state index in [1.807, 2.05) is 64.8 Å². The number of thioether (sulfide) groups is 1. The van der Waals surface area contributed by atoms with Gasteiger partial charge in [0, 0.05) is 18.7 Å². The molecule has 0 saturated carbocycles. The first-order valence-electron chi connectivity index (χ1n) is 11.0. The summed E-state index contributed by atoms with van der Waals surface area (Å²) in [6, 6.07) is 15.0. The van der Waals surface area contributed by atoms with Crippen molar-refractivity contribution < 1.29 is 9.53 Å². The van der Waals surface area contributed by atoms with Crippen LogP contribution in [0.25, 0.3) is 16.7 Å². The number of amides is 1. The largest absolute Gasteiger partial charge is 0.496 e. The van der Waals surface area contributed by atoms with E-state index in [2.05, 4.69) is 10.2 Å². The fraction of sp³-hybridized carbons (Fsp3) is 0.333. The lowest BCUT2D eigenvalue weighted by molar-refractivity contribution is -0.129. The number of carbonyl (C=O) groups excluding carboxylic acids is 1. The Kier molecular flexibility index (Phi) is 5.80. The van der Waals surface area contributed by atoms with Crippen molar-refractivity contribution in [3.63, 3.8) is 0 Å². The van der Waals surface area contributed by atoms with Crippen molar-refractivity contribution in [2.75, 3.05) is 20.2 Å². The van der Waals surface area contributed by atoms with Crippen molar-refractivity contribution in [2.24, 2.45) is 0 Å². The van der Waals surface area contributed by atoms with E-state index in [0.29, 0.717) is 28.6 Å². The molecule has 0 radical (unpaired) electrons. The molecule has 8 nitrogen and oxygen atoms in total. The first-order chi connectivity index (χ1) is 16.1. The molecule has 0 bridgehead atoms. The Morgan fingerprint density at radius 1 is 1.09 bits per heavy atom. The molecule has 2 aromatic heterocycles. The summed E-state index contributed by atoms with van der Waals surface area (Å²) in [4.78, 5) is 28.2. The molecule has 33 heavy (non-hydrogen) atoms. The monoisotopic (exact) mass is 463 g/mol. The van der Waals surface area contributed by atoms with Gasteiger partial charge >= 0.3 is 0 Å². The van der Waals surface area contributed by atoms with E-state index in [9.17, 15) is 9.59 Å². The average Bonchev–Trinajstić information content (AvgIpc) is 3.52. The number of hydrogen-bond donors (Lipinski definition) is 0. The highest BCUT2D eigenvalue weighted by molar-refractivity contribution is 8.00. The zero-order valence-corrected chi connectivity index (χ0v) is 19.4. The maximum atomic E-state index is 13.4. The summed E-state index contributed by atoms with van der Waals surface area (Å²) in [7, 11) is 1.61. The van der Waals surface area contributed by atoms with Crippen LogP contribution in [-0.4, -0.2) is 55.4 Å². The van der Waals surface area contributed by atoms with Gasteiger partial charge in [-0.1, -0.05) is 42.1 Å². The molecule has 3 heterocycles. The van der Waals surface area contributed by atoms with Gasteiger partial charge in [-0.2, -0.15) is 0 Å². The third-order valence-corrected chi connectivity index (χ3v) is 7.08. The van der Waals surface area contributed by atoms with E-state index < -0.39 is 0 Å². The molecule has 170 valence electrons. The van der Waals surface area contributed by atoms with Crippen molar-refractivity contribution in [2.45, 2.75) is 36.7 Å². The number of aromatic nitrogens is 4. The molecule has 1 aliphatic heterocycles. The van der Waals surface area contributed by atoms with Gasteiger partial charge in [0.25, 0.3) is 5.56 Å². The molecule has 0 N–H and O–H groups in total. The lowest BCUT2D eigenvalue weighted by atomic mass is 10.2. The Labute approximate surface area is 195 Å². The Bertz CT molecular complexity index is 1390. The lowest BCUT2D eigenvalue weighted by Crippen LogP contribution is -2.34. The van der Waals surface area contributed by atoms with E-state index in [-0.39, 0.29) is 16.7 Å². The molecule has 0 aliphatic carbocycles. The van der Waals surface area contributed by atoms with Crippen LogP contribution in [0.1, 0.15) is 25.3 Å². The number of nitrogens with zero attached hydrogens (tertiary/aromatic N) is 5. The van der Waals surface area contributed by atoms with E-state index in [1.54, 1.807) is 11.7 Å². The highest BCUT2D eigenvalue weighted by Gasteiger charge is 2.26. The summed E-state index contributed by atoms with van der Waals surface area (Å²) in [5.74, 6) is 1.25. The number of likely N-dealkylation sites (tertiary alicyclic amines) is 1. The van der Waals surface area contributed by atoms with Gasteiger partial charge in [-0.05, 0) is 38.0 Å². The third kappa shape index (κ3) is 3.86. The van der Waals surface area contributed by atoms with Crippen LogP contribution in [0.2, 0.25) is 0 Å². The van der Waals surface area contributed by atoms with Crippen molar-refractivity contribution in [1.29, 1.82) is 0 Å². The maximum absolute atomic E-state index is 13.4. The molecular weight excluding hydrogens is 438 g/mol. The SMILES string of the molecule is COc1ccccc1Cn1c(=O)c2ccccc2n2c(SC(C)C(=O)N3CCCC3)nnc12. The Hall–Kier alpha value is -3.33. The maximum Gasteiger partial charge on any atom is 0.263 e. The van der Waals surface area contributed by atoms with Gasteiger partial charge in [-0.25, -0.2) is 0 Å². The van der Waals surface area contributed by atoms with Gasteiger partial charge in [0.15, 0.2) is 5.16 Å². The smallest absolute Gasteiger partial charge is 0.263 e. The molecule has 1 atom stereocenters. The predicted octanol–water partition coefficient (Wildman–Crippen LogP) is 3.20. The molecule has 1 unspecified atom stereocenters. The summed E-state index contributed by atoms with van der Waals surface area (Å²) in [6.45, 7) is 3.82. The van der Waals surface area contributed by atoms with E-state index >= 15 is 0 Å². The summed E-state index contributed by atoms with van der Waals surface area (Å²) >= 11 is 1.38. The topological polar surface area (TPSA) is 81.7 Å². The molecule has 9 heteroatoms. The van der Waals surface area contributed by atoms with Crippen LogP contribution in [0.15, 0.2) is 58.5 Å². The molecule has 1 saturated heterocycles. The predicted molar refractivity (Wildman–Crippen MR) is 128 cm³/mol. The minimum atomic E-state index is -0.302. The number of methoxy groups -OCH3 is 1. The van der Waals surface area contributed by atoms with Gasteiger partial charge in [0.1, 0.15) is 5.75 Å². The summed E-state index contributed by atoms with van der Waals surface area (Å²) in [5.41, 5.74) is 1.45. The summed E-state index contributed by atoms with van der Waals surface area (Å²) in [6.07, 6.45) is 2.10. The molecule has 1 aliphatic rings. The molecule has 5 rings (SSSR count). The summed E-state index contributed by atoms with van der Waals surface area (Å²) < 4.78 is 8.98. The average molecular weight is 464 g/mol. The van der Waals surface area contributed by atoms with Crippen LogP contribution in [0, 0.1) is 0 Å². The quantitative estimate of drug-likeness (QED) is 0.409. The Morgan fingerprint density at radius 2 is 1.82 bits per heavy atom. The zero-order valence-electron chi connectivity index (χ0n) is 18.6. The lowest BCUT2D eigenvalue weighted by Gasteiger charge is -2.19. The number of para-hydroxylation sites is 2. The standard InChI is InChI=1S/C24H25N5O3S/c1-16(21(30)27-13-7-8-14-27)33-24-26-25-23-28(15-17-9-3-6-12-20(17)32-2)22(31)18-10-4-5-11-19(18)29(23)24/h3-6,9-12,16H,7-8,13-15H2,1-2H3. The Balaban J connectivity index is 1.61. The zero-order chi connectivity index (χ0) is 22.9. The van der Waals surface area contributed by atoms with Crippen molar-refractivity contribution in [3.8, 4) is 5.75 Å². The minimum Gasteiger partial charge on any atom is -0.496 e. The minimum absolute atomic E-state index is 0.112. The van der Waals surface area contributed by atoms with Crippen LogP contribution in [0.5, 0.6) is 5.75 Å². The molecule has 1 fully saturated rings. The van der Waals surface area contributed by atoms with Crippen LogP contribution >= 0.6 is 11.8 Å². The van der Waals surface area contributed by atoms with E-state index in [1.165, 1.54) is 11.8 Å². The molecule has 2 aromatic carbocycles. The summed E-state index contributed by atoms with van der Waals surface area (Å²) in [5, 5.41) is 9.64.